The highest BCUT2D eigenvalue weighted by atomic mass is 79.9. The van der Waals surface area contributed by atoms with Crippen LogP contribution in [0.1, 0.15) is 58.4 Å². The van der Waals surface area contributed by atoms with Gasteiger partial charge in [0.15, 0.2) is 0 Å². The maximum atomic E-state index is 13.3. The molecule has 1 spiro atoms. The first-order valence-electron chi connectivity index (χ1n) is 17.0. The number of nitrogens with zero attached hydrogens (tertiary/aromatic N) is 6. The summed E-state index contributed by atoms with van der Waals surface area (Å²) in [4.78, 5) is 69.2. The Bertz CT molecular complexity index is 1830. The van der Waals surface area contributed by atoms with Crippen LogP contribution in [0.2, 0.25) is 0 Å². The average molecular weight is 748 g/mol. The zero-order valence-corrected chi connectivity index (χ0v) is 30.0. The van der Waals surface area contributed by atoms with Crippen LogP contribution in [0.4, 0.5) is 11.4 Å². The minimum atomic E-state index is -0.941. The number of anilines is 2. The van der Waals surface area contributed by atoms with Crippen molar-refractivity contribution in [1.82, 2.24) is 29.8 Å². The van der Waals surface area contributed by atoms with Crippen LogP contribution >= 0.6 is 15.9 Å². The van der Waals surface area contributed by atoms with E-state index in [0.717, 1.165) is 43.3 Å². The van der Waals surface area contributed by atoms with Gasteiger partial charge in [0.25, 0.3) is 17.4 Å². The number of fused-ring (bicyclic) bond motifs is 1. The molecule has 50 heavy (non-hydrogen) atoms. The van der Waals surface area contributed by atoms with E-state index in [9.17, 15) is 24.0 Å². The molecule has 4 fully saturated rings. The highest BCUT2D eigenvalue weighted by Crippen LogP contribution is 2.45. The van der Waals surface area contributed by atoms with E-state index < -0.39 is 23.8 Å². The van der Waals surface area contributed by atoms with Crippen LogP contribution in [0.5, 0.6) is 0 Å². The van der Waals surface area contributed by atoms with Crippen molar-refractivity contribution in [2.24, 2.45) is 12.5 Å². The second kappa shape index (κ2) is 14.8. The third kappa shape index (κ3) is 7.37. The molecule has 8 rings (SSSR count). The summed E-state index contributed by atoms with van der Waals surface area (Å²) in [5.74, 6) is -1.86. The average Bonchev–Trinajstić information content (AvgIpc) is 3.33. The van der Waals surface area contributed by atoms with Gasteiger partial charge in [-0.05, 0) is 73.0 Å². The molecule has 3 aromatic rings. The molecule has 3 N–H and O–H groups in total. The van der Waals surface area contributed by atoms with Gasteiger partial charge in [-0.1, -0.05) is 42.8 Å². The second-order valence-electron chi connectivity index (χ2n) is 13.8. The predicted octanol–water partition coefficient (Wildman–Crippen LogP) is 2.64. The molecule has 0 radical (unpaired) electrons. The lowest BCUT2D eigenvalue weighted by molar-refractivity contribution is -0.136. The third-order valence-electron chi connectivity index (χ3n) is 9.89. The topological polar surface area (TPSA) is 154 Å². The third-order valence-corrected chi connectivity index (χ3v) is 10.7. The van der Waals surface area contributed by atoms with E-state index in [1.807, 2.05) is 12.1 Å². The van der Waals surface area contributed by atoms with E-state index in [1.165, 1.54) is 48.8 Å². The van der Waals surface area contributed by atoms with Gasteiger partial charge in [0, 0.05) is 51.6 Å². The van der Waals surface area contributed by atoms with Crippen LogP contribution in [-0.2, 0) is 23.2 Å². The summed E-state index contributed by atoms with van der Waals surface area (Å²) in [5, 5.41) is 5.93. The van der Waals surface area contributed by atoms with Crippen LogP contribution in [0.15, 0.2) is 64.0 Å². The molecule has 5 aliphatic rings. The van der Waals surface area contributed by atoms with E-state index in [2.05, 4.69) is 72.4 Å². The number of nitrogen functional groups attached to an aromatic ring is 1. The molecule has 1 unspecified atom stereocenters. The van der Waals surface area contributed by atoms with Crippen molar-refractivity contribution >= 4 is 50.9 Å². The predicted molar refractivity (Wildman–Crippen MR) is 192 cm³/mol. The number of nitrogens with two attached hydrogens (primary N) is 1. The maximum Gasteiger partial charge on any atom is 0.282 e. The minimum absolute atomic E-state index is 0.116. The number of rotatable bonds is 4. The molecule has 0 saturated carbocycles. The fourth-order valence-corrected chi connectivity index (χ4v) is 7.68. The van der Waals surface area contributed by atoms with Crippen molar-refractivity contribution in [3.05, 3.63) is 86.2 Å². The normalized spacial score (nSPS) is 21.3. The molecule has 2 aromatic carbocycles. The number of imide groups is 2. The molecule has 13 nitrogen and oxygen atoms in total. The Morgan fingerprint density at radius 1 is 0.900 bits per heavy atom. The zero-order valence-electron chi connectivity index (χ0n) is 28.4. The summed E-state index contributed by atoms with van der Waals surface area (Å²) in [5.41, 5.74) is 8.51. The van der Waals surface area contributed by atoms with Crippen LogP contribution in [0, 0.1) is 5.41 Å². The van der Waals surface area contributed by atoms with Crippen LogP contribution in [0.25, 0.3) is 0 Å². The Morgan fingerprint density at radius 2 is 1.60 bits per heavy atom. The number of carbonyl (C=O) groups excluding carboxylic acids is 4. The summed E-state index contributed by atoms with van der Waals surface area (Å²) in [6.07, 6.45) is 5.98. The molecule has 0 bridgehead atoms. The number of aromatic nitrogens is 2. The van der Waals surface area contributed by atoms with E-state index in [0.29, 0.717) is 21.3 Å². The number of piperidine rings is 2. The Kier molecular flexibility index (Phi) is 10.5. The summed E-state index contributed by atoms with van der Waals surface area (Å²) < 4.78 is 1.57. The van der Waals surface area contributed by atoms with Crippen molar-refractivity contribution in [2.75, 3.05) is 56.9 Å². The van der Waals surface area contributed by atoms with E-state index in [-0.39, 0.29) is 29.7 Å². The van der Waals surface area contributed by atoms with Gasteiger partial charge < -0.3 is 15.5 Å². The lowest BCUT2D eigenvalue weighted by atomic mass is 9.72. The van der Waals surface area contributed by atoms with Crippen LogP contribution in [-0.4, -0.2) is 100 Å². The van der Waals surface area contributed by atoms with Gasteiger partial charge in [-0.25, -0.2) is 4.68 Å². The number of benzene rings is 2. The fourth-order valence-electron chi connectivity index (χ4n) is 7.33. The van der Waals surface area contributed by atoms with Gasteiger partial charge in [0.1, 0.15) is 10.5 Å². The van der Waals surface area contributed by atoms with Gasteiger partial charge in [-0.15, -0.1) is 0 Å². The van der Waals surface area contributed by atoms with Gasteiger partial charge in [0.05, 0.1) is 28.7 Å². The number of halogens is 1. The highest BCUT2D eigenvalue weighted by molar-refractivity contribution is 9.10. The van der Waals surface area contributed by atoms with Gasteiger partial charge >= 0.3 is 0 Å². The Morgan fingerprint density at radius 3 is 2.22 bits per heavy atom. The Labute approximate surface area is 299 Å². The van der Waals surface area contributed by atoms with Gasteiger partial charge in [-0.2, -0.15) is 5.10 Å². The zero-order chi connectivity index (χ0) is 35.6. The maximum absolute atomic E-state index is 13.3. The number of nitrogens with one attached hydrogen (secondary N) is 1. The quantitative estimate of drug-likeness (QED) is 0.381. The fraction of sp³-hybridized carbons (Fsp3) is 0.444. The summed E-state index contributed by atoms with van der Waals surface area (Å²) >= 11 is 3.03. The molecule has 1 atom stereocenters. The lowest BCUT2D eigenvalue weighted by Crippen LogP contribution is -2.72. The molecule has 4 saturated heterocycles. The van der Waals surface area contributed by atoms with Crippen molar-refractivity contribution in [3.8, 4) is 0 Å². The first-order chi connectivity index (χ1) is 24.0. The number of amides is 4. The molecule has 4 amide bonds. The van der Waals surface area contributed by atoms with Crippen LogP contribution in [0.3, 0.4) is 0 Å². The number of likely N-dealkylation sites (tertiary alicyclic amines) is 2. The smallest absolute Gasteiger partial charge is 0.282 e. The first kappa shape index (κ1) is 35.4. The number of hydrogen-bond donors (Lipinski definition) is 2. The minimum Gasteiger partial charge on any atom is -0.396 e. The van der Waals surface area contributed by atoms with E-state index in [1.54, 1.807) is 19.2 Å². The molecular weight excluding hydrogens is 704 g/mol. The van der Waals surface area contributed by atoms with Crippen molar-refractivity contribution in [2.45, 2.75) is 44.7 Å². The second-order valence-corrected chi connectivity index (χ2v) is 14.6. The monoisotopic (exact) mass is 746 g/mol. The molecular formula is C36H43BrN8O5. The van der Waals surface area contributed by atoms with E-state index in [4.69, 9.17) is 5.73 Å². The SMILES string of the molecule is CN1CCCCC1.Cn1ncc(N)c(Br)c1=O.O=C1CCC(N2C(=O)c3cccc(N4CC5(CN(Cc6ccccc6)C5)C4)c3C2=O)C(=O)N1. The molecule has 0 aliphatic carbocycles. The molecule has 1 aromatic heterocycles. The lowest BCUT2D eigenvalue weighted by Gasteiger charge is -2.61. The summed E-state index contributed by atoms with van der Waals surface area (Å²) in [7, 11) is 3.76. The number of hydrogen-bond acceptors (Lipinski definition) is 10. The largest absolute Gasteiger partial charge is 0.396 e. The van der Waals surface area contributed by atoms with Crippen LogP contribution < -0.4 is 21.5 Å². The standard InChI is InChI=1S/C25H24N4O4.C6H13N.C5H6BrN3O/c30-20-10-9-19(22(31)26-20)29-23(32)17-7-4-8-18(21(17)24(29)33)28-14-25(15-28)12-27(13-25)11-16-5-2-1-3-6-16;1-7-5-3-2-4-6-7;1-9-5(10)4(6)3(7)2-8-9/h1-8,19H,9-15H2,(H,26,30,31);2-6H2,1H3;2H,7H2,1H3. The molecule has 264 valence electrons. The molecule has 6 heterocycles. The van der Waals surface area contributed by atoms with Gasteiger partial charge in [-0.3, -0.25) is 39.1 Å². The van der Waals surface area contributed by atoms with Crippen molar-refractivity contribution in [3.63, 3.8) is 0 Å². The van der Waals surface area contributed by atoms with Crippen molar-refractivity contribution in [1.29, 1.82) is 0 Å². The first-order valence-corrected chi connectivity index (χ1v) is 17.8. The van der Waals surface area contributed by atoms with Gasteiger partial charge in [0.2, 0.25) is 11.8 Å². The van der Waals surface area contributed by atoms with E-state index >= 15 is 0 Å². The number of aryl methyl sites for hydroxylation is 1. The number of carbonyl (C=O) groups is 4. The summed E-state index contributed by atoms with van der Waals surface area (Å²) in [6.45, 7) is 7.30. The van der Waals surface area contributed by atoms with Crippen molar-refractivity contribution < 1.29 is 19.2 Å². The highest BCUT2D eigenvalue weighted by Gasteiger charge is 2.53. The summed E-state index contributed by atoms with van der Waals surface area (Å²) in [6, 6.07) is 14.8. The Balaban J connectivity index is 0.000000208. The molecule has 14 heteroatoms. The molecule has 5 aliphatic heterocycles. The Hall–Kier alpha value is -4.40.